The molecule has 0 radical (unpaired) electrons. The zero-order valence-electron chi connectivity index (χ0n) is 14.8. The van der Waals surface area contributed by atoms with E-state index in [2.05, 4.69) is 20.8 Å². The number of rotatable bonds is 5. The molecule has 4 rings (SSSR count). The van der Waals surface area contributed by atoms with E-state index in [0.29, 0.717) is 36.0 Å². The van der Waals surface area contributed by atoms with Gasteiger partial charge in [0.25, 0.3) is 5.91 Å². The summed E-state index contributed by atoms with van der Waals surface area (Å²) in [4.78, 5) is 23.9. The Morgan fingerprint density at radius 2 is 2.00 bits per heavy atom. The van der Waals surface area contributed by atoms with Crippen LogP contribution in [0.4, 0.5) is 5.69 Å². The van der Waals surface area contributed by atoms with Crippen LogP contribution in [0.15, 0.2) is 46.9 Å². The molecular formula is C20H18N4O3. The van der Waals surface area contributed by atoms with Crippen molar-refractivity contribution in [1.29, 1.82) is 0 Å². The second-order valence-corrected chi connectivity index (χ2v) is 6.47. The van der Waals surface area contributed by atoms with Gasteiger partial charge in [0.1, 0.15) is 0 Å². The van der Waals surface area contributed by atoms with Crippen molar-refractivity contribution in [3.8, 4) is 11.5 Å². The van der Waals surface area contributed by atoms with E-state index in [0.717, 1.165) is 16.7 Å². The van der Waals surface area contributed by atoms with Gasteiger partial charge in [-0.1, -0.05) is 23.8 Å². The highest BCUT2D eigenvalue weighted by Gasteiger charge is 2.19. The molecule has 0 unspecified atom stereocenters. The third-order valence-electron chi connectivity index (χ3n) is 4.41. The molecule has 0 saturated carbocycles. The molecule has 2 N–H and O–H groups in total. The maximum Gasteiger partial charge on any atom is 0.251 e. The molecule has 7 nitrogen and oxygen atoms in total. The first-order valence-electron chi connectivity index (χ1n) is 8.69. The number of hydrogen-bond donors (Lipinski definition) is 2. The number of nitrogens with one attached hydrogen (secondary N) is 2. The van der Waals surface area contributed by atoms with Crippen molar-refractivity contribution < 1.29 is 14.0 Å². The normalized spacial score (nSPS) is 12.6. The number of benzene rings is 2. The molecule has 0 aliphatic carbocycles. The summed E-state index contributed by atoms with van der Waals surface area (Å²) >= 11 is 0. The van der Waals surface area contributed by atoms with Gasteiger partial charge in [0.05, 0.1) is 0 Å². The predicted octanol–water partition coefficient (Wildman–Crippen LogP) is 2.86. The monoisotopic (exact) mass is 362 g/mol. The standard InChI is InChI=1S/C20H18N4O3/c1-12-2-4-13(5-3-12)20-24-23-18(27-20)9-8-17(25)22-15-7-6-14-11-21-19(26)16(14)10-15/h2-7,10H,8-9,11H2,1H3,(H,21,26)(H,22,25). The van der Waals surface area contributed by atoms with Crippen molar-refractivity contribution >= 4 is 17.5 Å². The largest absolute Gasteiger partial charge is 0.421 e. The van der Waals surface area contributed by atoms with Crippen molar-refractivity contribution in [3.05, 3.63) is 65.0 Å². The molecule has 0 atom stereocenters. The van der Waals surface area contributed by atoms with E-state index < -0.39 is 0 Å². The summed E-state index contributed by atoms with van der Waals surface area (Å²) < 4.78 is 5.63. The van der Waals surface area contributed by atoms with E-state index in [1.165, 1.54) is 0 Å². The van der Waals surface area contributed by atoms with E-state index in [-0.39, 0.29) is 18.2 Å². The second-order valence-electron chi connectivity index (χ2n) is 6.47. The lowest BCUT2D eigenvalue weighted by molar-refractivity contribution is -0.116. The van der Waals surface area contributed by atoms with Crippen LogP contribution in [0.1, 0.15) is 33.8 Å². The third kappa shape index (κ3) is 3.72. The number of carbonyl (C=O) groups is 2. The second kappa shape index (κ2) is 7.03. The Balaban J connectivity index is 1.35. The van der Waals surface area contributed by atoms with Crippen molar-refractivity contribution in [1.82, 2.24) is 15.5 Å². The number of fused-ring (bicyclic) bond motifs is 1. The molecule has 7 heteroatoms. The summed E-state index contributed by atoms with van der Waals surface area (Å²) in [6, 6.07) is 13.1. The number of carbonyl (C=O) groups excluding carboxylic acids is 2. The van der Waals surface area contributed by atoms with Gasteiger partial charge in [-0.25, -0.2) is 0 Å². The molecule has 2 amide bonds. The average Bonchev–Trinajstić information content (AvgIpc) is 3.28. The van der Waals surface area contributed by atoms with Gasteiger partial charge in [0, 0.05) is 36.2 Å². The summed E-state index contributed by atoms with van der Waals surface area (Å²) in [6.07, 6.45) is 0.551. The van der Waals surface area contributed by atoms with Gasteiger partial charge in [-0.15, -0.1) is 10.2 Å². The van der Waals surface area contributed by atoms with Gasteiger partial charge in [-0.2, -0.15) is 0 Å². The Morgan fingerprint density at radius 1 is 1.19 bits per heavy atom. The fourth-order valence-electron chi connectivity index (χ4n) is 2.90. The first kappa shape index (κ1) is 17.0. The Bertz CT molecular complexity index is 1010. The fourth-order valence-corrected chi connectivity index (χ4v) is 2.90. The molecule has 2 heterocycles. The van der Waals surface area contributed by atoms with E-state index in [1.807, 2.05) is 37.3 Å². The van der Waals surface area contributed by atoms with Gasteiger partial charge < -0.3 is 15.1 Å². The lowest BCUT2D eigenvalue weighted by atomic mass is 10.1. The van der Waals surface area contributed by atoms with Crippen molar-refractivity contribution in [2.45, 2.75) is 26.3 Å². The van der Waals surface area contributed by atoms with Crippen LogP contribution in [-0.2, 0) is 17.8 Å². The smallest absolute Gasteiger partial charge is 0.251 e. The van der Waals surface area contributed by atoms with Crippen LogP contribution in [0.5, 0.6) is 0 Å². The highest BCUT2D eigenvalue weighted by atomic mass is 16.4. The average molecular weight is 362 g/mol. The zero-order valence-corrected chi connectivity index (χ0v) is 14.8. The number of hydrogen-bond acceptors (Lipinski definition) is 5. The van der Waals surface area contributed by atoms with Gasteiger partial charge in [-0.3, -0.25) is 9.59 Å². The van der Waals surface area contributed by atoms with Gasteiger partial charge >= 0.3 is 0 Å². The van der Waals surface area contributed by atoms with Gasteiger partial charge in [-0.05, 0) is 36.8 Å². The van der Waals surface area contributed by atoms with Crippen LogP contribution in [0.3, 0.4) is 0 Å². The zero-order chi connectivity index (χ0) is 18.8. The Kier molecular flexibility index (Phi) is 4.42. The molecule has 0 saturated heterocycles. The van der Waals surface area contributed by atoms with Crippen molar-refractivity contribution in [3.63, 3.8) is 0 Å². The molecule has 2 aromatic carbocycles. The molecule has 1 aliphatic heterocycles. The molecule has 1 aromatic heterocycles. The van der Waals surface area contributed by atoms with Crippen molar-refractivity contribution in [2.24, 2.45) is 0 Å². The maximum atomic E-state index is 12.2. The number of amides is 2. The quantitative estimate of drug-likeness (QED) is 0.727. The Labute approximate surface area is 155 Å². The van der Waals surface area contributed by atoms with Crippen LogP contribution < -0.4 is 10.6 Å². The van der Waals surface area contributed by atoms with Crippen LogP contribution in [0.2, 0.25) is 0 Å². The molecule has 0 bridgehead atoms. The highest BCUT2D eigenvalue weighted by Crippen LogP contribution is 2.21. The molecule has 0 spiro atoms. The molecule has 3 aromatic rings. The topological polar surface area (TPSA) is 97.1 Å². The number of aryl methyl sites for hydroxylation is 2. The van der Waals surface area contributed by atoms with E-state index >= 15 is 0 Å². The maximum absolute atomic E-state index is 12.2. The van der Waals surface area contributed by atoms with Crippen LogP contribution >= 0.6 is 0 Å². The summed E-state index contributed by atoms with van der Waals surface area (Å²) in [5.41, 5.74) is 4.14. The van der Waals surface area contributed by atoms with E-state index in [1.54, 1.807) is 12.1 Å². The molecule has 136 valence electrons. The molecular weight excluding hydrogens is 344 g/mol. The minimum Gasteiger partial charge on any atom is -0.421 e. The minimum absolute atomic E-state index is 0.115. The van der Waals surface area contributed by atoms with Crippen LogP contribution in [0.25, 0.3) is 11.5 Å². The molecule has 0 fully saturated rings. The Morgan fingerprint density at radius 3 is 2.81 bits per heavy atom. The lowest BCUT2D eigenvalue weighted by Gasteiger charge is -2.05. The number of nitrogens with zero attached hydrogens (tertiary/aromatic N) is 2. The summed E-state index contributed by atoms with van der Waals surface area (Å²) in [6.45, 7) is 2.54. The predicted molar refractivity (Wildman–Crippen MR) is 99.0 cm³/mol. The van der Waals surface area contributed by atoms with E-state index in [4.69, 9.17) is 4.42 Å². The number of anilines is 1. The van der Waals surface area contributed by atoms with E-state index in [9.17, 15) is 9.59 Å². The molecule has 27 heavy (non-hydrogen) atoms. The third-order valence-corrected chi connectivity index (χ3v) is 4.41. The SMILES string of the molecule is Cc1ccc(-c2nnc(CCC(=O)Nc3ccc4c(c3)C(=O)NC4)o2)cc1. The fraction of sp³-hybridized carbons (Fsp3) is 0.200. The first-order chi connectivity index (χ1) is 13.1. The van der Waals surface area contributed by atoms with Crippen molar-refractivity contribution in [2.75, 3.05) is 5.32 Å². The lowest BCUT2D eigenvalue weighted by Crippen LogP contribution is -2.14. The first-order valence-corrected chi connectivity index (χ1v) is 8.69. The van der Waals surface area contributed by atoms with Crippen LogP contribution in [-0.4, -0.2) is 22.0 Å². The number of aromatic nitrogens is 2. The summed E-state index contributed by atoms with van der Waals surface area (Å²) in [5.74, 6) is 0.558. The van der Waals surface area contributed by atoms with Crippen LogP contribution in [0, 0.1) is 6.92 Å². The highest BCUT2D eigenvalue weighted by molar-refractivity contribution is 6.00. The Hall–Kier alpha value is -3.48. The van der Waals surface area contributed by atoms with Gasteiger partial charge in [0.2, 0.25) is 17.7 Å². The molecule has 1 aliphatic rings. The van der Waals surface area contributed by atoms with Gasteiger partial charge in [0.15, 0.2) is 0 Å². The summed E-state index contributed by atoms with van der Waals surface area (Å²) in [5, 5.41) is 13.6. The summed E-state index contributed by atoms with van der Waals surface area (Å²) in [7, 11) is 0. The minimum atomic E-state index is -0.177.